The minimum atomic E-state index is 0.413. The van der Waals surface area contributed by atoms with Crippen molar-refractivity contribution in [2.75, 3.05) is 12.8 Å². The van der Waals surface area contributed by atoms with Crippen molar-refractivity contribution in [1.29, 1.82) is 0 Å². The maximum Gasteiger partial charge on any atom is 0.150 e. The molecule has 4 heteroatoms. The molecule has 2 aromatic rings. The van der Waals surface area contributed by atoms with Crippen LogP contribution in [0.15, 0.2) is 17.5 Å². The highest BCUT2D eigenvalue weighted by molar-refractivity contribution is 7.17. The van der Waals surface area contributed by atoms with Gasteiger partial charge in [0.2, 0.25) is 0 Å². The van der Waals surface area contributed by atoms with E-state index in [-0.39, 0.29) is 0 Å². The van der Waals surface area contributed by atoms with E-state index in [1.165, 1.54) is 0 Å². The Bertz CT molecular complexity index is 466. The molecule has 0 aliphatic rings. The van der Waals surface area contributed by atoms with Crippen LogP contribution in [0.3, 0.4) is 0 Å². The second-order valence-electron chi connectivity index (χ2n) is 2.95. The number of alkyl halides is 1. The van der Waals surface area contributed by atoms with Gasteiger partial charge in [-0.3, -0.25) is 0 Å². The van der Waals surface area contributed by atoms with Crippen molar-refractivity contribution in [2.45, 2.75) is 5.88 Å². The van der Waals surface area contributed by atoms with Crippen LogP contribution in [0.4, 0.5) is 5.69 Å². The Morgan fingerprint density at radius 3 is 3.00 bits per heavy atom. The number of nitrogen functional groups attached to an aromatic ring is 1. The summed E-state index contributed by atoms with van der Waals surface area (Å²) in [7, 11) is 1.63. The molecule has 2 rings (SSSR count). The zero-order valence-electron chi connectivity index (χ0n) is 7.71. The van der Waals surface area contributed by atoms with Gasteiger partial charge in [0.1, 0.15) is 0 Å². The maximum absolute atomic E-state index is 5.92. The molecule has 14 heavy (non-hydrogen) atoms. The predicted octanol–water partition coefficient (Wildman–Crippen LogP) is 3.23. The zero-order chi connectivity index (χ0) is 10.1. The van der Waals surface area contributed by atoms with Gasteiger partial charge in [0.05, 0.1) is 12.8 Å². The highest BCUT2D eigenvalue weighted by Crippen LogP contribution is 2.37. The molecule has 0 radical (unpaired) electrons. The molecule has 0 spiro atoms. The zero-order valence-corrected chi connectivity index (χ0v) is 9.28. The molecule has 0 amide bonds. The second kappa shape index (κ2) is 3.67. The summed E-state index contributed by atoms with van der Waals surface area (Å²) >= 11 is 7.46. The van der Waals surface area contributed by atoms with Crippen molar-refractivity contribution in [2.24, 2.45) is 0 Å². The molecule has 0 aliphatic heterocycles. The lowest BCUT2D eigenvalue weighted by Crippen LogP contribution is -1.96. The van der Waals surface area contributed by atoms with E-state index in [0.29, 0.717) is 11.6 Å². The molecule has 0 aliphatic carbocycles. The standard InChI is InChI=1S/C10H10ClNOS/c1-13-10-7-2-3-14-8(7)4-6(5-11)9(10)12/h2-4H,5,12H2,1H3. The van der Waals surface area contributed by atoms with E-state index in [4.69, 9.17) is 22.1 Å². The van der Waals surface area contributed by atoms with E-state index >= 15 is 0 Å². The molecule has 2 N–H and O–H groups in total. The van der Waals surface area contributed by atoms with Crippen molar-refractivity contribution in [3.05, 3.63) is 23.1 Å². The van der Waals surface area contributed by atoms with Gasteiger partial charge in [-0.15, -0.1) is 22.9 Å². The van der Waals surface area contributed by atoms with Crippen LogP contribution in [0.5, 0.6) is 5.75 Å². The van der Waals surface area contributed by atoms with Crippen molar-refractivity contribution in [3.63, 3.8) is 0 Å². The van der Waals surface area contributed by atoms with Crippen LogP contribution in [0, 0.1) is 0 Å². The highest BCUT2D eigenvalue weighted by Gasteiger charge is 2.11. The van der Waals surface area contributed by atoms with Gasteiger partial charge in [-0.05, 0) is 23.1 Å². The van der Waals surface area contributed by atoms with Crippen LogP contribution < -0.4 is 10.5 Å². The highest BCUT2D eigenvalue weighted by atomic mass is 35.5. The number of nitrogens with two attached hydrogens (primary N) is 1. The molecular weight excluding hydrogens is 218 g/mol. The minimum Gasteiger partial charge on any atom is -0.494 e. The molecule has 1 aromatic heterocycles. The Labute approximate surface area is 91.2 Å². The van der Waals surface area contributed by atoms with E-state index in [2.05, 4.69) is 0 Å². The van der Waals surface area contributed by atoms with Crippen LogP contribution in [0.1, 0.15) is 5.56 Å². The smallest absolute Gasteiger partial charge is 0.150 e. The van der Waals surface area contributed by atoms with E-state index in [0.717, 1.165) is 21.4 Å². The SMILES string of the molecule is COc1c(N)c(CCl)cc2sccc12. The third-order valence-corrected chi connectivity index (χ3v) is 3.34. The van der Waals surface area contributed by atoms with Crippen LogP contribution in [0.2, 0.25) is 0 Å². The number of rotatable bonds is 2. The fourth-order valence-corrected chi connectivity index (χ4v) is 2.55. The van der Waals surface area contributed by atoms with Crippen LogP contribution in [-0.4, -0.2) is 7.11 Å². The Balaban J connectivity index is 2.80. The molecule has 0 atom stereocenters. The number of anilines is 1. The van der Waals surface area contributed by atoms with E-state index in [1.54, 1.807) is 18.4 Å². The van der Waals surface area contributed by atoms with Gasteiger partial charge in [-0.1, -0.05) is 0 Å². The Hall–Kier alpha value is -0.930. The van der Waals surface area contributed by atoms with Gasteiger partial charge < -0.3 is 10.5 Å². The summed E-state index contributed by atoms with van der Waals surface area (Å²) in [6.45, 7) is 0. The summed E-state index contributed by atoms with van der Waals surface area (Å²) in [4.78, 5) is 0. The second-order valence-corrected chi connectivity index (χ2v) is 4.16. The molecular formula is C10H10ClNOS. The van der Waals surface area contributed by atoms with Crippen LogP contribution in [0.25, 0.3) is 10.1 Å². The summed E-state index contributed by atoms with van der Waals surface area (Å²) in [5.41, 5.74) is 7.50. The summed E-state index contributed by atoms with van der Waals surface area (Å²) in [6, 6.07) is 4.03. The first-order valence-electron chi connectivity index (χ1n) is 4.16. The minimum absolute atomic E-state index is 0.413. The molecule has 1 aromatic carbocycles. The molecule has 0 saturated carbocycles. The third kappa shape index (κ3) is 1.33. The first-order chi connectivity index (χ1) is 6.77. The largest absolute Gasteiger partial charge is 0.494 e. The van der Waals surface area contributed by atoms with E-state index in [9.17, 15) is 0 Å². The lowest BCUT2D eigenvalue weighted by atomic mass is 10.1. The summed E-state index contributed by atoms with van der Waals surface area (Å²) in [6.07, 6.45) is 0. The lowest BCUT2D eigenvalue weighted by Gasteiger charge is -2.09. The van der Waals surface area contributed by atoms with Crippen molar-refractivity contribution in [1.82, 2.24) is 0 Å². The van der Waals surface area contributed by atoms with E-state index < -0.39 is 0 Å². The van der Waals surface area contributed by atoms with Crippen LogP contribution in [-0.2, 0) is 5.88 Å². The summed E-state index contributed by atoms with van der Waals surface area (Å²) < 4.78 is 6.44. The predicted molar refractivity (Wildman–Crippen MR) is 62.3 cm³/mol. The fourth-order valence-electron chi connectivity index (χ4n) is 1.48. The molecule has 2 nitrogen and oxygen atoms in total. The topological polar surface area (TPSA) is 35.2 Å². The Morgan fingerprint density at radius 1 is 1.57 bits per heavy atom. The number of methoxy groups -OCH3 is 1. The van der Waals surface area contributed by atoms with Crippen molar-refractivity contribution >= 4 is 38.7 Å². The van der Waals surface area contributed by atoms with Crippen molar-refractivity contribution < 1.29 is 4.74 Å². The number of hydrogen-bond acceptors (Lipinski definition) is 3. The summed E-state index contributed by atoms with van der Waals surface area (Å²) in [5, 5.41) is 3.08. The fraction of sp³-hybridized carbons (Fsp3) is 0.200. The lowest BCUT2D eigenvalue weighted by molar-refractivity contribution is 0.422. The van der Waals surface area contributed by atoms with Gasteiger partial charge in [-0.25, -0.2) is 0 Å². The van der Waals surface area contributed by atoms with Gasteiger partial charge in [0.25, 0.3) is 0 Å². The van der Waals surface area contributed by atoms with Gasteiger partial charge in [0, 0.05) is 16.0 Å². The average Bonchev–Trinajstić information content (AvgIpc) is 2.64. The van der Waals surface area contributed by atoms with Gasteiger partial charge in [-0.2, -0.15) is 0 Å². The van der Waals surface area contributed by atoms with E-state index in [1.807, 2.05) is 17.5 Å². The molecule has 0 saturated heterocycles. The number of benzene rings is 1. The Kier molecular flexibility index (Phi) is 2.52. The molecule has 0 unspecified atom stereocenters. The number of ether oxygens (including phenoxy) is 1. The van der Waals surface area contributed by atoms with Crippen molar-refractivity contribution in [3.8, 4) is 5.75 Å². The van der Waals surface area contributed by atoms with Gasteiger partial charge >= 0.3 is 0 Å². The Morgan fingerprint density at radius 2 is 2.36 bits per heavy atom. The summed E-state index contributed by atoms with van der Waals surface area (Å²) in [5.74, 6) is 1.15. The quantitative estimate of drug-likeness (QED) is 0.632. The average molecular weight is 228 g/mol. The molecule has 0 fully saturated rings. The number of fused-ring (bicyclic) bond motifs is 1. The molecule has 1 heterocycles. The number of hydrogen-bond donors (Lipinski definition) is 1. The first-order valence-corrected chi connectivity index (χ1v) is 5.58. The normalized spacial score (nSPS) is 10.7. The monoisotopic (exact) mass is 227 g/mol. The molecule has 74 valence electrons. The van der Waals surface area contributed by atoms with Gasteiger partial charge in [0.15, 0.2) is 5.75 Å². The molecule has 0 bridgehead atoms. The maximum atomic E-state index is 5.92. The third-order valence-electron chi connectivity index (χ3n) is 2.18. The van der Waals surface area contributed by atoms with Crippen LogP contribution >= 0.6 is 22.9 Å². The first kappa shape index (κ1) is 9.62. The number of thiophene rings is 1. The number of halogens is 1.